The molecule has 0 radical (unpaired) electrons. The van der Waals surface area contributed by atoms with Gasteiger partial charge in [0, 0.05) is 11.3 Å². The molecule has 126 valence electrons. The summed E-state index contributed by atoms with van der Waals surface area (Å²) in [6.45, 7) is 3.89. The predicted molar refractivity (Wildman–Crippen MR) is 94.7 cm³/mol. The minimum Gasteiger partial charge on any atom is -0.493 e. The largest absolute Gasteiger partial charge is 0.493 e. The summed E-state index contributed by atoms with van der Waals surface area (Å²) < 4.78 is 11.0. The van der Waals surface area contributed by atoms with Crippen LogP contribution in [0.15, 0.2) is 47.6 Å². The van der Waals surface area contributed by atoms with Gasteiger partial charge in [0.2, 0.25) is 0 Å². The number of hydrogen-bond acceptors (Lipinski definition) is 5. The van der Waals surface area contributed by atoms with Gasteiger partial charge in [0.1, 0.15) is 0 Å². The number of hydrogen-bond donors (Lipinski definition) is 2. The third kappa shape index (κ3) is 4.74. The first-order valence-corrected chi connectivity index (χ1v) is 7.53. The van der Waals surface area contributed by atoms with Crippen LogP contribution in [-0.4, -0.2) is 25.3 Å². The maximum atomic E-state index is 12.0. The number of methoxy groups -OCH3 is 1. The van der Waals surface area contributed by atoms with Gasteiger partial charge in [0.15, 0.2) is 11.5 Å². The zero-order chi connectivity index (χ0) is 17.5. The van der Waals surface area contributed by atoms with Crippen molar-refractivity contribution in [2.75, 3.05) is 12.8 Å². The van der Waals surface area contributed by atoms with Crippen LogP contribution in [0.3, 0.4) is 0 Å². The van der Waals surface area contributed by atoms with Gasteiger partial charge in [-0.3, -0.25) is 4.79 Å². The highest BCUT2D eigenvalue weighted by Gasteiger charge is 2.07. The van der Waals surface area contributed by atoms with Crippen molar-refractivity contribution in [1.82, 2.24) is 5.43 Å². The van der Waals surface area contributed by atoms with E-state index in [1.54, 1.807) is 43.5 Å². The molecule has 6 heteroatoms. The average molecular weight is 327 g/mol. The first-order chi connectivity index (χ1) is 11.5. The van der Waals surface area contributed by atoms with Crippen LogP contribution in [-0.2, 0) is 0 Å². The number of rotatable bonds is 6. The first-order valence-electron chi connectivity index (χ1n) is 7.53. The summed E-state index contributed by atoms with van der Waals surface area (Å²) >= 11 is 0. The highest BCUT2D eigenvalue weighted by atomic mass is 16.5. The van der Waals surface area contributed by atoms with E-state index in [-0.39, 0.29) is 12.0 Å². The number of hydrazone groups is 1. The lowest BCUT2D eigenvalue weighted by Gasteiger charge is -2.13. The number of nitrogen functional groups attached to an aromatic ring is 1. The van der Waals surface area contributed by atoms with Gasteiger partial charge in [-0.25, -0.2) is 5.43 Å². The highest BCUT2D eigenvalue weighted by molar-refractivity contribution is 5.95. The number of benzene rings is 2. The number of nitrogens with one attached hydrogen (secondary N) is 1. The summed E-state index contributed by atoms with van der Waals surface area (Å²) in [6, 6.07) is 12.1. The molecule has 0 heterocycles. The van der Waals surface area contributed by atoms with Crippen LogP contribution in [0.2, 0.25) is 0 Å². The van der Waals surface area contributed by atoms with Crippen molar-refractivity contribution >= 4 is 17.8 Å². The van der Waals surface area contributed by atoms with E-state index in [1.165, 1.54) is 6.21 Å². The molecule has 0 aliphatic carbocycles. The smallest absolute Gasteiger partial charge is 0.271 e. The maximum Gasteiger partial charge on any atom is 0.271 e. The second-order valence-electron chi connectivity index (χ2n) is 5.40. The lowest BCUT2D eigenvalue weighted by atomic mass is 10.2. The van der Waals surface area contributed by atoms with Crippen LogP contribution in [0.1, 0.15) is 29.8 Å². The zero-order valence-corrected chi connectivity index (χ0v) is 13.9. The van der Waals surface area contributed by atoms with Crippen LogP contribution in [0.4, 0.5) is 5.69 Å². The van der Waals surface area contributed by atoms with E-state index in [4.69, 9.17) is 15.2 Å². The lowest BCUT2D eigenvalue weighted by Crippen LogP contribution is -2.17. The summed E-state index contributed by atoms with van der Waals surface area (Å²) in [5.41, 5.74) is 9.86. The van der Waals surface area contributed by atoms with Crippen LogP contribution in [0.5, 0.6) is 11.5 Å². The van der Waals surface area contributed by atoms with E-state index in [2.05, 4.69) is 10.5 Å². The molecule has 2 rings (SSSR count). The number of carbonyl (C=O) groups excluding carboxylic acids is 1. The van der Waals surface area contributed by atoms with Crippen molar-refractivity contribution in [1.29, 1.82) is 0 Å². The number of carbonyl (C=O) groups is 1. The van der Waals surface area contributed by atoms with Crippen molar-refractivity contribution in [2.24, 2.45) is 5.10 Å². The molecule has 2 aromatic rings. The van der Waals surface area contributed by atoms with Gasteiger partial charge in [0.05, 0.1) is 19.4 Å². The molecule has 0 atom stereocenters. The first kappa shape index (κ1) is 17.3. The molecule has 2 aromatic carbocycles. The molecule has 0 saturated carbocycles. The Hall–Kier alpha value is -3.02. The Balaban J connectivity index is 2.05. The molecule has 0 aliphatic rings. The summed E-state index contributed by atoms with van der Waals surface area (Å²) in [7, 11) is 1.57. The van der Waals surface area contributed by atoms with Crippen molar-refractivity contribution in [3.63, 3.8) is 0 Å². The van der Waals surface area contributed by atoms with Gasteiger partial charge >= 0.3 is 0 Å². The Morgan fingerprint density at radius 2 is 2.00 bits per heavy atom. The van der Waals surface area contributed by atoms with Gasteiger partial charge in [-0.2, -0.15) is 5.10 Å². The second-order valence-corrected chi connectivity index (χ2v) is 5.40. The van der Waals surface area contributed by atoms with E-state index >= 15 is 0 Å². The van der Waals surface area contributed by atoms with Crippen LogP contribution < -0.4 is 20.6 Å². The van der Waals surface area contributed by atoms with Crippen molar-refractivity contribution in [2.45, 2.75) is 20.0 Å². The monoisotopic (exact) mass is 327 g/mol. The Bertz CT molecular complexity index is 742. The Labute approximate surface area is 141 Å². The van der Waals surface area contributed by atoms with E-state index < -0.39 is 0 Å². The number of ether oxygens (including phenoxy) is 2. The molecule has 3 N–H and O–H groups in total. The molecule has 0 saturated heterocycles. The summed E-state index contributed by atoms with van der Waals surface area (Å²) in [5, 5.41) is 3.95. The molecular weight excluding hydrogens is 306 g/mol. The molecule has 0 unspecified atom stereocenters. The molecule has 24 heavy (non-hydrogen) atoms. The third-order valence-electron chi connectivity index (χ3n) is 3.08. The van der Waals surface area contributed by atoms with Gasteiger partial charge in [-0.05, 0) is 55.8 Å². The lowest BCUT2D eigenvalue weighted by molar-refractivity contribution is 0.0955. The maximum absolute atomic E-state index is 12.0. The van der Waals surface area contributed by atoms with E-state index in [1.807, 2.05) is 19.9 Å². The molecule has 1 amide bonds. The second kappa shape index (κ2) is 8.01. The number of nitrogens with zero attached hydrogens (tertiary/aromatic N) is 1. The fraction of sp³-hybridized carbons (Fsp3) is 0.222. The minimum absolute atomic E-state index is 0.0519. The molecule has 0 spiro atoms. The van der Waals surface area contributed by atoms with Crippen molar-refractivity contribution in [3.8, 4) is 11.5 Å². The van der Waals surface area contributed by atoms with E-state index in [0.29, 0.717) is 22.7 Å². The van der Waals surface area contributed by atoms with E-state index in [0.717, 1.165) is 5.56 Å². The van der Waals surface area contributed by atoms with Crippen LogP contribution in [0.25, 0.3) is 0 Å². The number of anilines is 1. The van der Waals surface area contributed by atoms with Gasteiger partial charge in [-0.1, -0.05) is 6.07 Å². The molecule has 0 fully saturated rings. The van der Waals surface area contributed by atoms with Gasteiger partial charge < -0.3 is 15.2 Å². The van der Waals surface area contributed by atoms with Crippen molar-refractivity contribution < 1.29 is 14.3 Å². The van der Waals surface area contributed by atoms with Crippen LogP contribution in [0, 0.1) is 0 Å². The molecular formula is C18H21N3O3. The summed E-state index contributed by atoms with van der Waals surface area (Å²) in [6.07, 6.45) is 1.59. The normalized spacial score (nSPS) is 10.8. The fourth-order valence-corrected chi connectivity index (χ4v) is 2.03. The average Bonchev–Trinajstić information content (AvgIpc) is 2.55. The number of amides is 1. The SMILES string of the molecule is COc1cc(/C=N\NC(=O)c2cccc(N)c2)ccc1OC(C)C. The van der Waals surface area contributed by atoms with E-state index in [9.17, 15) is 4.79 Å². The van der Waals surface area contributed by atoms with Crippen molar-refractivity contribution in [3.05, 3.63) is 53.6 Å². The van der Waals surface area contributed by atoms with Crippen LogP contribution >= 0.6 is 0 Å². The Morgan fingerprint density at radius 1 is 1.21 bits per heavy atom. The van der Waals surface area contributed by atoms with Gasteiger partial charge in [0.25, 0.3) is 5.91 Å². The minimum atomic E-state index is -0.328. The Morgan fingerprint density at radius 3 is 2.67 bits per heavy atom. The van der Waals surface area contributed by atoms with Gasteiger partial charge in [-0.15, -0.1) is 0 Å². The Kier molecular flexibility index (Phi) is 5.78. The standard InChI is InChI=1S/C18H21N3O3/c1-12(2)24-16-8-7-13(9-17(16)23-3)11-20-21-18(22)14-5-4-6-15(19)10-14/h4-12H,19H2,1-3H3,(H,21,22)/b20-11-. The summed E-state index contributed by atoms with van der Waals surface area (Å²) in [5.74, 6) is 0.938. The summed E-state index contributed by atoms with van der Waals surface area (Å²) in [4.78, 5) is 12.0. The molecule has 0 aliphatic heterocycles. The molecule has 6 nitrogen and oxygen atoms in total. The quantitative estimate of drug-likeness (QED) is 0.485. The topological polar surface area (TPSA) is 85.9 Å². The molecule has 0 bridgehead atoms. The zero-order valence-electron chi connectivity index (χ0n) is 13.9. The highest BCUT2D eigenvalue weighted by Crippen LogP contribution is 2.28. The fourth-order valence-electron chi connectivity index (χ4n) is 2.03. The number of nitrogens with two attached hydrogens (primary N) is 1. The molecule has 0 aromatic heterocycles. The predicted octanol–water partition coefficient (Wildman–Crippen LogP) is 2.83. The third-order valence-corrected chi connectivity index (χ3v) is 3.08.